The molecule has 0 unspecified atom stereocenters. The number of carbonyl (C=O) groups excluding carboxylic acids is 2. The Morgan fingerprint density at radius 3 is 2.56 bits per heavy atom. The van der Waals surface area contributed by atoms with Crippen molar-refractivity contribution in [2.24, 2.45) is 11.3 Å². The summed E-state index contributed by atoms with van der Waals surface area (Å²) in [7, 11) is 0. The van der Waals surface area contributed by atoms with Crippen molar-refractivity contribution in [2.75, 3.05) is 29.9 Å². The highest BCUT2D eigenvalue weighted by atomic mass is 16.3. The van der Waals surface area contributed by atoms with Gasteiger partial charge in [0.2, 0.25) is 5.91 Å². The van der Waals surface area contributed by atoms with Crippen LogP contribution in [0.2, 0.25) is 0 Å². The largest absolute Gasteiger partial charge is 0.390 e. The summed E-state index contributed by atoms with van der Waals surface area (Å²) in [4.78, 5) is 37.9. The third-order valence-electron chi connectivity index (χ3n) is 7.28. The molecule has 0 spiro atoms. The lowest BCUT2D eigenvalue weighted by atomic mass is 9.83. The number of likely N-dealkylation sites (tertiary alicyclic amines) is 1. The number of aromatic nitrogens is 2. The first-order valence-corrected chi connectivity index (χ1v) is 11.8. The van der Waals surface area contributed by atoms with Crippen LogP contribution in [0.1, 0.15) is 49.4 Å². The van der Waals surface area contributed by atoms with Crippen LogP contribution in [-0.2, 0) is 4.79 Å². The predicted octanol–water partition coefficient (Wildman–Crippen LogP) is 2.86. The molecule has 2 aromatic heterocycles. The third kappa shape index (κ3) is 4.10. The van der Waals surface area contributed by atoms with Gasteiger partial charge in [-0.2, -0.15) is 5.26 Å². The summed E-state index contributed by atoms with van der Waals surface area (Å²) in [5.41, 5.74) is -0.402. The van der Waals surface area contributed by atoms with E-state index in [1.807, 2.05) is 0 Å². The van der Waals surface area contributed by atoms with Gasteiger partial charge in [-0.1, -0.05) is 0 Å². The summed E-state index contributed by atoms with van der Waals surface area (Å²) in [6.07, 6.45) is 6.72. The van der Waals surface area contributed by atoms with Crippen molar-refractivity contribution in [1.29, 1.82) is 5.26 Å². The quantitative estimate of drug-likeness (QED) is 0.703. The fraction of sp³-hybridized carbons (Fsp3) is 0.480. The summed E-state index contributed by atoms with van der Waals surface area (Å²) in [5.74, 6) is 1.02. The van der Waals surface area contributed by atoms with Crippen LogP contribution in [0.25, 0.3) is 0 Å². The van der Waals surface area contributed by atoms with E-state index >= 15 is 0 Å². The Balaban J connectivity index is 1.25. The number of carbonyl (C=O) groups is 2. The summed E-state index contributed by atoms with van der Waals surface area (Å²) in [6, 6.07) is 9.29. The highest BCUT2D eigenvalue weighted by Crippen LogP contribution is 2.51. The number of anilines is 3. The Labute approximate surface area is 198 Å². The van der Waals surface area contributed by atoms with Gasteiger partial charge in [0.25, 0.3) is 5.91 Å². The number of hydrogen-bond acceptors (Lipinski definition) is 7. The van der Waals surface area contributed by atoms with Crippen LogP contribution >= 0.6 is 0 Å². The van der Waals surface area contributed by atoms with Gasteiger partial charge in [0.1, 0.15) is 17.1 Å². The molecule has 176 valence electrons. The monoisotopic (exact) mass is 460 g/mol. The van der Waals surface area contributed by atoms with E-state index in [2.05, 4.69) is 21.4 Å². The Morgan fingerprint density at radius 1 is 1.15 bits per heavy atom. The Hall–Kier alpha value is -3.51. The van der Waals surface area contributed by atoms with Crippen molar-refractivity contribution in [2.45, 2.75) is 44.6 Å². The zero-order chi connectivity index (χ0) is 23.9. The van der Waals surface area contributed by atoms with Gasteiger partial charge in [0.15, 0.2) is 0 Å². The van der Waals surface area contributed by atoms with E-state index in [1.165, 1.54) is 6.20 Å². The Morgan fingerprint density at radius 2 is 1.91 bits per heavy atom. The Bertz CT molecular complexity index is 1140. The van der Waals surface area contributed by atoms with Gasteiger partial charge in [0, 0.05) is 43.8 Å². The number of amides is 2. The van der Waals surface area contributed by atoms with Crippen LogP contribution in [0, 0.1) is 22.7 Å². The van der Waals surface area contributed by atoms with E-state index < -0.39 is 11.0 Å². The maximum absolute atomic E-state index is 13.1. The minimum Gasteiger partial charge on any atom is -0.390 e. The molecule has 4 heterocycles. The molecule has 0 bridgehead atoms. The molecule has 2 aromatic rings. The summed E-state index contributed by atoms with van der Waals surface area (Å²) >= 11 is 0. The molecule has 9 nitrogen and oxygen atoms in total. The van der Waals surface area contributed by atoms with E-state index in [4.69, 9.17) is 0 Å². The molecule has 34 heavy (non-hydrogen) atoms. The second-order valence-electron chi connectivity index (χ2n) is 9.81. The van der Waals surface area contributed by atoms with E-state index in [9.17, 15) is 20.0 Å². The highest BCUT2D eigenvalue weighted by Gasteiger charge is 2.56. The lowest BCUT2D eigenvalue weighted by molar-refractivity contribution is -0.123. The molecule has 1 atom stereocenters. The van der Waals surface area contributed by atoms with Crippen LogP contribution in [0.3, 0.4) is 0 Å². The molecule has 1 saturated carbocycles. The number of rotatable bonds is 5. The van der Waals surface area contributed by atoms with Crippen LogP contribution < -0.4 is 10.2 Å². The van der Waals surface area contributed by atoms with Gasteiger partial charge >= 0.3 is 0 Å². The van der Waals surface area contributed by atoms with Crippen LogP contribution in [-0.4, -0.2) is 57.0 Å². The predicted molar refractivity (Wildman–Crippen MR) is 125 cm³/mol. The second kappa shape index (κ2) is 8.37. The van der Waals surface area contributed by atoms with E-state index in [0.717, 1.165) is 12.8 Å². The van der Waals surface area contributed by atoms with Crippen molar-refractivity contribution in [3.8, 4) is 6.07 Å². The van der Waals surface area contributed by atoms with Gasteiger partial charge in [-0.05, 0) is 63.1 Å². The van der Waals surface area contributed by atoms with Crippen molar-refractivity contribution < 1.29 is 14.7 Å². The fourth-order valence-electron chi connectivity index (χ4n) is 4.89. The van der Waals surface area contributed by atoms with Gasteiger partial charge < -0.3 is 20.2 Å². The first-order chi connectivity index (χ1) is 16.3. The molecular formula is C25H28N6O3. The summed E-state index contributed by atoms with van der Waals surface area (Å²) in [5, 5.41) is 22.9. The van der Waals surface area contributed by atoms with Crippen molar-refractivity contribution in [3.63, 3.8) is 0 Å². The standard InChI is InChI=1S/C25H28N6O3/c1-24(34)7-11-30(12-8-24)22(32)17-2-5-20(28-15-17)29-21-14-19(6-10-27-21)31-13-9-25(16-26,23(31)33)18-3-4-18/h2,5-6,10,14-15,18,34H,3-4,7-9,11-13H2,1H3,(H,27,28,29)/t25-/m1/s1. The number of hydrogen-bond donors (Lipinski definition) is 2. The van der Waals surface area contributed by atoms with Gasteiger partial charge in [-0.3, -0.25) is 9.59 Å². The number of nitrogens with zero attached hydrogens (tertiary/aromatic N) is 5. The maximum Gasteiger partial charge on any atom is 0.255 e. The van der Waals surface area contributed by atoms with Crippen molar-refractivity contribution in [1.82, 2.24) is 14.9 Å². The molecule has 2 amide bonds. The molecule has 2 saturated heterocycles. The van der Waals surface area contributed by atoms with E-state index in [-0.39, 0.29) is 17.7 Å². The summed E-state index contributed by atoms with van der Waals surface area (Å²) in [6.45, 7) is 3.36. The zero-order valence-electron chi connectivity index (χ0n) is 19.2. The van der Waals surface area contributed by atoms with Crippen LogP contribution in [0.5, 0.6) is 0 Å². The normalized spacial score (nSPS) is 24.1. The van der Waals surface area contributed by atoms with Crippen molar-refractivity contribution in [3.05, 3.63) is 42.2 Å². The van der Waals surface area contributed by atoms with E-state index in [0.29, 0.717) is 61.8 Å². The first kappa shape index (κ1) is 22.3. The van der Waals surface area contributed by atoms with Gasteiger partial charge in [-0.25, -0.2) is 9.97 Å². The molecule has 3 fully saturated rings. The highest BCUT2D eigenvalue weighted by molar-refractivity contribution is 6.02. The lowest BCUT2D eigenvalue weighted by Crippen LogP contribution is -2.45. The molecule has 3 aliphatic rings. The first-order valence-electron chi connectivity index (χ1n) is 11.8. The van der Waals surface area contributed by atoms with E-state index in [1.54, 1.807) is 47.2 Å². The molecule has 0 aromatic carbocycles. The third-order valence-corrected chi connectivity index (χ3v) is 7.28. The molecule has 2 aliphatic heterocycles. The molecule has 9 heteroatoms. The SMILES string of the molecule is CC1(O)CCN(C(=O)c2ccc(Nc3cc(N4CC[C@@](C#N)(C5CC5)C4=O)ccn3)nc2)CC1. The smallest absolute Gasteiger partial charge is 0.255 e. The van der Waals surface area contributed by atoms with Crippen molar-refractivity contribution >= 4 is 29.1 Å². The number of pyridine rings is 2. The lowest BCUT2D eigenvalue weighted by Gasteiger charge is -2.35. The summed E-state index contributed by atoms with van der Waals surface area (Å²) < 4.78 is 0. The molecule has 1 aliphatic carbocycles. The number of piperidine rings is 1. The van der Waals surface area contributed by atoms with Gasteiger partial charge in [0.05, 0.1) is 17.2 Å². The topological polar surface area (TPSA) is 122 Å². The second-order valence-corrected chi connectivity index (χ2v) is 9.81. The number of aliphatic hydroxyl groups is 1. The zero-order valence-corrected chi connectivity index (χ0v) is 19.2. The molecule has 5 rings (SSSR count). The average Bonchev–Trinajstić information content (AvgIpc) is 3.63. The fourth-order valence-corrected chi connectivity index (χ4v) is 4.89. The number of nitriles is 1. The average molecular weight is 461 g/mol. The number of nitrogens with one attached hydrogen (secondary N) is 1. The molecule has 2 N–H and O–H groups in total. The van der Waals surface area contributed by atoms with Crippen LogP contribution in [0.15, 0.2) is 36.7 Å². The van der Waals surface area contributed by atoms with Gasteiger partial charge in [-0.15, -0.1) is 0 Å². The molecule has 0 radical (unpaired) electrons. The minimum atomic E-state index is -0.884. The molecular weight excluding hydrogens is 432 g/mol. The minimum absolute atomic E-state index is 0.0983. The van der Waals surface area contributed by atoms with Crippen LogP contribution in [0.4, 0.5) is 17.3 Å². The maximum atomic E-state index is 13.1. The Kier molecular flexibility index (Phi) is 5.48.